The van der Waals surface area contributed by atoms with Gasteiger partial charge in [-0.05, 0) is 0 Å². The number of ether oxygens (including phenoxy) is 3. The van der Waals surface area contributed by atoms with E-state index in [9.17, 15) is 9.59 Å². The zero-order chi connectivity index (χ0) is 16.0. The van der Waals surface area contributed by atoms with E-state index in [4.69, 9.17) is 14.2 Å². The number of carbonyl (C=O) groups is 2. The second kappa shape index (κ2) is 8.13. The van der Waals surface area contributed by atoms with Crippen molar-refractivity contribution in [2.75, 3.05) is 48.6 Å². The Morgan fingerprint density at radius 3 is 2.43 bits per heavy atom. The summed E-state index contributed by atoms with van der Waals surface area (Å²) in [5.74, 6) is -0.199. The maximum Gasteiger partial charge on any atom is 0.324 e. The van der Waals surface area contributed by atoms with Crippen LogP contribution in [0.15, 0.2) is 0 Å². The van der Waals surface area contributed by atoms with Crippen LogP contribution in [0.2, 0.25) is 0 Å². The molecule has 0 radical (unpaired) electrons. The van der Waals surface area contributed by atoms with Crippen LogP contribution in [0, 0.1) is 0 Å². The molecule has 1 aliphatic heterocycles. The summed E-state index contributed by atoms with van der Waals surface area (Å²) in [6, 6.07) is -0.238. The van der Waals surface area contributed by atoms with Gasteiger partial charge < -0.3 is 19.1 Å². The molecule has 2 atom stereocenters. The molecule has 0 bridgehead atoms. The summed E-state index contributed by atoms with van der Waals surface area (Å²) in [5, 5.41) is 3.08. The third kappa shape index (κ3) is 3.82. The number of nitrogens with one attached hydrogen (secondary N) is 1. The Hall–Kier alpha value is -1.42. The van der Waals surface area contributed by atoms with Crippen LogP contribution in [0.1, 0.15) is 6.92 Å². The fourth-order valence-corrected chi connectivity index (χ4v) is 2.32. The summed E-state index contributed by atoms with van der Waals surface area (Å²) in [5.41, 5.74) is 0. The molecule has 0 saturated carbocycles. The quantitative estimate of drug-likeness (QED) is 0.594. The van der Waals surface area contributed by atoms with E-state index in [1.54, 1.807) is 14.2 Å². The summed E-state index contributed by atoms with van der Waals surface area (Å²) in [4.78, 5) is 28.7. The minimum Gasteiger partial charge on any atom is -0.369 e. The Morgan fingerprint density at radius 1 is 1.29 bits per heavy atom. The van der Waals surface area contributed by atoms with Crippen LogP contribution in [0.3, 0.4) is 0 Å². The highest BCUT2D eigenvalue weighted by Crippen LogP contribution is 2.23. The molecule has 0 spiro atoms. The van der Waals surface area contributed by atoms with Crippen LogP contribution in [0.5, 0.6) is 0 Å². The molecule has 21 heavy (non-hydrogen) atoms. The molecule has 1 aliphatic rings. The van der Waals surface area contributed by atoms with Gasteiger partial charge in [0, 0.05) is 35.3 Å². The van der Waals surface area contributed by atoms with Crippen molar-refractivity contribution in [3.8, 4) is 0 Å². The summed E-state index contributed by atoms with van der Waals surface area (Å²) in [6.07, 6.45) is -0.971. The van der Waals surface area contributed by atoms with E-state index in [1.807, 2.05) is 0 Å². The summed E-state index contributed by atoms with van der Waals surface area (Å²) >= 11 is 0. The first-order valence-electron chi connectivity index (χ1n) is 6.50. The van der Waals surface area contributed by atoms with Crippen molar-refractivity contribution < 1.29 is 23.8 Å². The Balaban J connectivity index is 3.07. The highest BCUT2D eigenvalue weighted by atomic mass is 16.5. The molecule has 3 amide bonds. The summed E-state index contributed by atoms with van der Waals surface area (Å²) in [7, 11) is 6.19. The van der Waals surface area contributed by atoms with Crippen LogP contribution in [-0.2, 0) is 19.0 Å². The highest BCUT2D eigenvalue weighted by Gasteiger charge is 2.47. The number of rotatable bonds is 8. The van der Waals surface area contributed by atoms with E-state index in [1.165, 1.54) is 35.8 Å². The Kier molecular flexibility index (Phi) is 6.82. The van der Waals surface area contributed by atoms with E-state index in [0.29, 0.717) is 0 Å². The normalized spacial score (nSPS) is 22.0. The van der Waals surface area contributed by atoms with Crippen molar-refractivity contribution in [1.82, 2.24) is 20.0 Å². The van der Waals surface area contributed by atoms with Gasteiger partial charge in [-0.3, -0.25) is 19.9 Å². The van der Waals surface area contributed by atoms with Gasteiger partial charge in [-0.15, -0.1) is 0 Å². The molecular formula is C12H24N4O5. The molecule has 1 saturated heterocycles. The fourth-order valence-electron chi connectivity index (χ4n) is 2.32. The molecule has 1 N–H and O–H groups in total. The maximum absolute atomic E-state index is 12.3. The molecular weight excluding hydrogens is 280 g/mol. The molecule has 1 fully saturated rings. The van der Waals surface area contributed by atoms with E-state index in [0.717, 1.165) is 0 Å². The van der Waals surface area contributed by atoms with Gasteiger partial charge in [-0.2, -0.15) is 0 Å². The lowest BCUT2D eigenvalue weighted by Gasteiger charge is -2.35. The minimum absolute atomic E-state index is 0.0759. The smallest absolute Gasteiger partial charge is 0.324 e. The third-order valence-electron chi connectivity index (χ3n) is 3.26. The predicted molar refractivity (Wildman–Crippen MR) is 73.9 cm³/mol. The van der Waals surface area contributed by atoms with Crippen molar-refractivity contribution in [2.45, 2.75) is 19.3 Å². The molecule has 9 nitrogen and oxygen atoms in total. The average Bonchev–Trinajstić information content (AvgIpc) is 2.67. The lowest BCUT2D eigenvalue weighted by Crippen LogP contribution is -2.58. The summed E-state index contributed by atoms with van der Waals surface area (Å²) in [6.45, 7) is 1.83. The number of likely N-dealkylation sites (N-methyl/N-ethyl adjacent to an activating group) is 1. The first-order chi connectivity index (χ1) is 9.99. The van der Waals surface area contributed by atoms with Crippen molar-refractivity contribution in [1.29, 1.82) is 0 Å². The number of hydrogen-bond donors (Lipinski definition) is 1. The first kappa shape index (κ1) is 17.6. The minimum atomic E-state index is -0.546. The zero-order valence-corrected chi connectivity index (χ0v) is 13.2. The molecule has 0 aromatic carbocycles. The SMILES string of the molecule is COCNC1C(N(COC)C(C)=O)N(COC)C(=O)N1C. The zero-order valence-electron chi connectivity index (χ0n) is 13.2. The van der Waals surface area contributed by atoms with Crippen molar-refractivity contribution in [2.24, 2.45) is 0 Å². The van der Waals surface area contributed by atoms with Gasteiger partial charge in [0.25, 0.3) is 0 Å². The van der Waals surface area contributed by atoms with Gasteiger partial charge in [0.15, 0.2) is 0 Å². The Labute approximate surface area is 124 Å². The van der Waals surface area contributed by atoms with Crippen LogP contribution < -0.4 is 5.32 Å². The second-order valence-electron chi connectivity index (χ2n) is 4.68. The number of hydrogen-bond acceptors (Lipinski definition) is 6. The van der Waals surface area contributed by atoms with Crippen LogP contribution in [-0.4, -0.2) is 87.5 Å². The van der Waals surface area contributed by atoms with Gasteiger partial charge in [0.1, 0.15) is 25.8 Å². The lowest BCUT2D eigenvalue weighted by atomic mass is 10.3. The van der Waals surface area contributed by atoms with E-state index in [-0.39, 0.29) is 32.1 Å². The molecule has 2 unspecified atom stereocenters. The number of methoxy groups -OCH3 is 3. The monoisotopic (exact) mass is 304 g/mol. The molecule has 0 aromatic heterocycles. The van der Waals surface area contributed by atoms with Gasteiger partial charge in [-0.1, -0.05) is 0 Å². The van der Waals surface area contributed by atoms with Crippen molar-refractivity contribution >= 4 is 11.9 Å². The fraction of sp³-hybridized carbons (Fsp3) is 0.833. The van der Waals surface area contributed by atoms with Crippen molar-refractivity contribution in [3.63, 3.8) is 0 Å². The summed E-state index contributed by atoms with van der Waals surface area (Å²) < 4.78 is 15.1. The second-order valence-corrected chi connectivity index (χ2v) is 4.68. The largest absolute Gasteiger partial charge is 0.369 e. The molecule has 122 valence electrons. The molecule has 0 aromatic rings. The molecule has 1 rings (SSSR count). The average molecular weight is 304 g/mol. The Morgan fingerprint density at radius 2 is 1.95 bits per heavy atom. The van der Waals surface area contributed by atoms with Gasteiger partial charge in [0.05, 0.1) is 6.73 Å². The molecule has 1 heterocycles. The third-order valence-corrected chi connectivity index (χ3v) is 3.26. The predicted octanol–water partition coefficient (Wildman–Crippen LogP) is -0.744. The van der Waals surface area contributed by atoms with Gasteiger partial charge >= 0.3 is 6.03 Å². The van der Waals surface area contributed by atoms with E-state index < -0.39 is 12.3 Å². The number of amides is 3. The number of nitrogens with zero attached hydrogens (tertiary/aromatic N) is 3. The number of carbonyl (C=O) groups excluding carboxylic acids is 2. The molecule has 9 heteroatoms. The van der Waals surface area contributed by atoms with Crippen LogP contribution in [0.4, 0.5) is 4.79 Å². The Bertz CT molecular complexity index is 360. The number of urea groups is 1. The standard InChI is InChI=1S/C12H24N4O5/c1-9(17)15(7-20-4)11-10(13-6-19-3)14(2)12(18)16(11)8-21-5/h10-11,13H,6-8H2,1-5H3. The molecule has 0 aliphatic carbocycles. The lowest BCUT2D eigenvalue weighted by molar-refractivity contribution is -0.144. The maximum atomic E-state index is 12.3. The van der Waals surface area contributed by atoms with Gasteiger partial charge in [-0.25, -0.2) is 4.79 Å². The van der Waals surface area contributed by atoms with E-state index >= 15 is 0 Å². The van der Waals surface area contributed by atoms with Crippen LogP contribution in [0.25, 0.3) is 0 Å². The van der Waals surface area contributed by atoms with Crippen molar-refractivity contribution in [3.05, 3.63) is 0 Å². The highest BCUT2D eigenvalue weighted by molar-refractivity contribution is 5.80. The first-order valence-corrected chi connectivity index (χ1v) is 6.50. The van der Waals surface area contributed by atoms with Gasteiger partial charge in [0.2, 0.25) is 5.91 Å². The van der Waals surface area contributed by atoms with Crippen LogP contribution >= 0.6 is 0 Å². The van der Waals surface area contributed by atoms with E-state index in [2.05, 4.69) is 5.32 Å². The topological polar surface area (TPSA) is 83.6 Å².